The standard InChI is InChI=1S/C18H19F3N6O/c1-4-26(5-2)14-7-6-12(18(19,20)21)10-13(14)23-16(28)15-24-17-22-9-8-11(3)27(17)25-15/h6-10H,4-5H2,1-3H3,(H,23,28). The molecule has 0 fully saturated rings. The minimum absolute atomic E-state index is 0.0482. The predicted octanol–water partition coefficient (Wildman–Crippen LogP) is 3.55. The molecule has 0 aliphatic heterocycles. The van der Waals surface area contributed by atoms with Gasteiger partial charge < -0.3 is 10.2 Å². The molecule has 1 N–H and O–H groups in total. The molecule has 0 radical (unpaired) electrons. The van der Waals surface area contributed by atoms with Crippen LogP contribution in [0.2, 0.25) is 0 Å². The van der Waals surface area contributed by atoms with Crippen LogP contribution in [0.25, 0.3) is 5.78 Å². The van der Waals surface area contributed by atoms with Gasteiger partial charge in [0, 0.05) is 25.0 Å². The Labute approximate surface area is 159 Å². The van der Waals surface area contributed by atoms with E-state index in [1.165, 1.54) is 16.8 Å². The molecule has 2 aromatic heterocycles. The minimum atomic E-state index is -4.52. The van der Waals surface area contributed by atoms with Crippen molar-refractivity contribution in [3.8, 4) is 0 Å². The smallest absolute Gasteiger partial charge is 0.370 e. The van der Waals surface area contributed by atoms with Gasteiger partial charge in [-0.1, -0.05) is 0 Å². The summed E-state index contributed by atoms with van der Waals surface area (Å²) in [6.45, 7) is 6.67. The van der Waals surface area contributed by atoms with Crippen molar-refractivity contribution in [2.24, 2.45) is 0 Å². The Bertz CT molecular complexity index is 1010. The van der Waals surface area contributed by atoms with Crippen molar-refractivity contribution < 1.29 is 18.0 Å². The van der Waals surface area contributed by atoms with Crippen molar-refractivity contribution in [3.63, 3.8) is 0 Å². The molecule has 3 rings (SSSR count). The molecule has 0 unspecified atom stereocenters. The van der Waals surface area contributed by atoms with Gasteiger partial charge in [-0.15, -0.1) is 5.10 Å². The fraction of sp³-hybridized carbons (Fsp3) is 0.333. The van der Waals surface area contributed by atoms with Gasteiger partial charge in [0.25, 0.3) is 11.7 Å². The number of alkyl halides is 3. The van der Waals surface area contributed by atoms with Crippen LogP contribution < -0.4 is 10.2 Å². The number of nitrogens with one attached hydrogen (secondary N) is 1. The maximum Gasteiger partial charge on any atom is 0.416 e. The van der Waals surface area contributed by atoms with E-state index in [2.05, 4.69) is 20.4 Å². The monoisotopic (exact) mass is 392 g/mol. The lowest BCUT2D eigenvalue weighted by atomic mass is 10.1. The maximum absolute atomic E-state index is 13.1. The average Bonchev–Trinajstić information content (AvgIpc) is 3.09. The highest BCUT2D eigenvalue weighted by atomic mass is 19.4. The first kappa shape index (κ1) is 19.6. The number of rotatable bonds is 5. The molecule has 148 valence electrons. The summed E-state index contributed by atoms with van der Waals surface area (Å²) in [6.07, 6.45) is -2.99. The summed E-state index contributed by atoms with van der Waals surface area (Å²) in [7, 11) is 0. The van der Waals surface area contributed by atoms with Gasteiger partial charge in [0.1, 0.15) is 0 Å². The fourth-order valence-corrected chi connectivity index (χ4v) is 2.83. The third kappa shape index (κ3) is 3.75. The van der Waals surface area contributed by atoms with Gasteiger partial charge in [-0.2, -0.15) is 18.2 Å². The van der Waals surface area contributed by atoms with Crippen LogP contribution in [0, 0.1) is 6.92 Å². The number of halogens is 3. The molecule has 0 saturated heterocycles. The van der Waals surface area contributed by atoms with Gasteiger partial charge in [-0.3, -0.25) is 4.79 Å². The number of anilines is 2. The van der Waals surface area contributed by atoms with Crippen LogP contribution in [0.5, 0.6) is 0 Å². The summed E-state index contributed by atoms with van der Waals surface area (Å²) in [5, 5.41) is 6.61. The zero-order valence-electron chi connectivity index (χ0n) is 15.6. The van der Waals surface area contributed by atoms with Crippen LogP contribution in [0.4, 0.5) is 24.5 Å². The van der Waals surface area contributed by atoms with E-state index in [9.17, 15) is 18.0 Å². The highest BCUT2D eigenvalue weighted by Gasteiger charge is 2.31. The molecule has 0 bridgehead atoms. The second-order valence-electron chi connectivity index (χ2n) is 6.09. The largest absolute Gasteiger partial charge is 0.416 e. The Morgan fingerprint density at radius 1 is 1.21 bits per heavy atom. The van der Waals surface area contributed by atoms with Crippen LogP contribution >= 0.6 is 0 Å². The summed E-state index contributed by atoms with van der Waals surface area (Å²) in [5.74, 6) is -0.652. The van der Waals surface area contributed by atoms with E-state index < -0.39 is 17.6 Å². The van der Waals surface area contributed by atoms with Crippen LogP contribution in [-0.4, -0.2) is 38.6 Å². The number of aryl methyl sites for hydroxylation is 1. The van der Waals surface area contributed by atoms with Gasteiger partial charge in [-0.05, 0) is 45.0 Å². The molecular weight excluding hydrogens is 373 g/mol. The lowest BCUT2D eigenvalue weighted by Crippen LogP contribution is -2.25. The molecule has 10 heteroatoms. The first-order valence-corrected chi connectivity index (χ1v) is 8.70. The number of amides is 1. The van der Waals surface area contributed by atoms with Gasteiger partial charge in [-0.25, -0.2) is 9.50 Å². The number of fused-ring (bicyclic) bond motifs is 1. The number of hydrogen-bond acceptors (Lipinski definition) is 5. The zero-order chi connectivity index (χ0) is 20.5. The van der Waals surface area contributed by atoms with E-state index in [4.69, 9.17) is 0 Å². The molecule has 1 aromatic carbocycles. The molecule has 1 amide bonds. The third-order valence-corrected chi connectivity index (χ3v) is 4.31. The average molecular weight is 392 g/mol. The van der Waals surface area contributed by atoms with Gasteiger partial charge in [0.05, 0.1) is 16.9 Å². The molecule has 7 nitrogen and oxygen atoms in total. The number of hydrogen-bond donors (Lipinski definition) is 1. The Morgan fingerprint density at radius 3 is 2.54 bits per heavy atom. The van der Waals surface area contributed by atoms with Gasteiger partial charge in [0.2, 0.25) is 5.82 Å². The molecule has 0 spiro atoms. The number of benzene rings is 1. The zero-order valence-corrected chi connectivity index (χ0v) is 15.6. The van der Waals surface area contributed by atoms with Crippen LogP contribution in [-0.2, 0) is 6.18 Å². The first-order valence-electron chi connectivity index (χ1n) is 8.70. The van der Waals surface area contributed by atoms with Crippen molar-refractivity contribution in [3.05, 3.63) is 47.5 Å². The summed E-state index contributed by atoms with van der Waals surface area (Å²) in [5.41, 5.74) is 0.412. The van der Waals surface area contributed by atoms with E-state index in [0.717, 1.165) is 17.8 Å². The van der Waals surface area contributed by atoms with Gasteiger partial charge >= 0.3 is 6.18 Å². The van der Waals surface area contributed by atoms with E-state index in [1.807, 2.05) is 18.7 Å². The summed E-state index contributed by atoms with van der Waals surface area (Å²) >= 11 is 0. The van der Waals surface area contributed by atoms with Crippen LogP contribution in [0.15, 0.2) is 30.5 Å². The Morgan fingerprint density at radius 2 is 1.93 bits per heavy atom. The minimum Gasteiger partial charge on any atom is -0.370 e. The second kappa shape index (κ2) is 7.45. The highest BCUT2D eigenvalue weighted by Crippen LogP contribution is 2.35. The van der Waals surface area contributed by atoms with E-state index >= 15 is 0 Å². The number of aromatic nitrogens is 4. The Kier molecular flexibility index (Phi) is 5.21. The molecule has 2 heterocycles. The fourth-order valence-electron chi connectivity index (χ4n) is 2.83. The highest BCUT2D eigenvalue weighted by molar-refractivity contribution is 6.03. The first-order chi connectivity index (χ1) is 13.2. The Hall–Kier alpha value is -3.17. The van der Waals surface area contributed by atoms with E-state index in [0.29, 0.717) is 18.8 Å². The molecular formula is C18H19F3N6O. The van der Waals surface area contributed by atoms with Crippen molar-refractivity contribution in [1.29, 1.82) is 0 Å². The van der Waals surface area contributed by atoms with Crippen molar-refractivity contribution in [2.75, 3.05) is 23.3 Å². The topological polar surface area (TPSA) is 75.4 Å². The predicted molar refractivity (Wildman–Crippen MR) is 98.5 cm³/mol. The summed E-state index contributed by atoms with van der Waals surface area (Å²) in [6, 6.07) is 4.98. The number of carbonyl (C=O) groups is 1. The van der Waals surface area contributed by atoms with E-state index in [1.54, 1.807) is 13.0 Å². The molecule has 28 heavy (non-hydrogen) atoms. The van der Waals surface area contributed by atoms with Crippen LogP contribution in [0.1, 0.15) is 35.7 Å². The normalized spacial score (nSPS) is 11.6. The molecule has 0 atom stereocenters. The Balaban J connectivity index is 2.00. The van der Waals surface area contributed by atoms with Crippen molar-refractivity contribution >= 4 is 23.1 Å². The lowest BCUT2D eigenvalue weighted by molar-refractivity contribution is -0.137. The van der Waals surface area contributed by atoms with Crippen molar-refractivity contribution in [1.82, 2.24) is 19.6 Å². The quantitative estimate of drug-likeness (QED) is 0.719. The number of nitrogens with zero attached hydrogens (tertiary/aromatic N) is 5. The molecule has 0 saturated carbocycles. The summed E-state index contributed by atoms with van der Waals surface area (Å²) < 4.78 is 40.8. The molecule has 0 aliphatic carbocycles. The second-order valence-corrected chi connectivity index (χ2v) is 6.09. The van der Waals surface area contributed by atoms with Crippen LogP contribution in [0.3, 0.4) is 0 Å². The summed E-state index contributed by atoms with van der Waals surface area (Å²) in [4.78, 5) is 22.5. The van der Waals surface area contributed by atoms with Gasteiger partial charge in [0.15, 0.2) is 0 Å². The maximum atomic E-state index is 13.1. The lowest BCUT2D eigenvalue weighted by Gasteiger charge is -2.25. The molecule has 3 aromatic rings. The van der Waals surface area contributed by atoms with Crippen molar-refractivity contribution in [2.45, 2.75) is 26.9 Å². The number of carbonyl (C=O) groups excluding carboxylic acids is 1. The molecule has 0 aliphatic rings. The SMILES string of the molecule is CCN(CC)c1ccc(C(F)(F)F)cc1NC(=O)c1nc2nccc(C)n2n1. The third-order valence-electron chi connectivity index (χ3n) is 4.31. The van der Waals surface area contributed by atoms with E-state index in [-0.39, 0.29) is 17.3 Å².